The van der Waals surface area contributed by atoms with Crippen LogP contribution in [0.5, 0.6) is 0 Å². The summed E-state index contributed by atoms with van der Waals surface area (Å²) in [5.74, 6) is 1.47. The van der Waals surface area contributed by atoms with Crippen LogP contribution in [-0.2, 0) is 5.88 Å². The summed E-state index contributed by atoms with van der Waals surface area (Å²) >= 11 is 6.05. The van der Waals surface area contributed by atoms with Crippen LogP contribution in [0.25, 0.3) is 11.0 Å². The summed E-state index contributed by atoms with van der Waals surface area (Å²) in [6, 6.07) is 6.74. The molecule has 0 fully saturated rings. The van der Waals surface area contributed by atoms with Gasteiger partial charge >= 0.3 is 0 Å². The number of unbranched alkanes of at least 4 members (excludes halogenated alkanes) is 1. The number of nitrogens with zero attached hydrogens (tertiary/aromatic N) is 2. The second-order valence-corrected chi connectivity index (χ2v) is 5.23. The molecule has 0 N–H and O–H groups in total. The fourth-order valence-corrected chi connectivity index (χ4v) is 2.76. The predicted octanol–water partition coefficient (Wildman–Crippen LogP) is 4.83. The molecule has 1 unspecified atom stereocenters. The molecular weight excluding hydrogens is 244 g/mol. The Labute approximate surface area is 114 Å². The lowest BCUT2D eigenvalue weighted by atomic mass is 10.1. The summed E-state index contributed by atoms with van der Waals surface area (Å²) in [4.78, 5) is 4.65. The molecule has 0 aliphatic rings. The van der Waals surface area contributed by atoms with Gasteiger partial charge in [-0.15, -0.1) is 11.6 Å². The fraction of sp³-hybridized carbons (Fsp3) is 0.533. The average Bonchev–Trinajstić information content (AvgIpc) is 2.76. The zero-order valence-electron chi connectivity index (χ0n) is 11.4. The highest BCUT2D eigenvalue weighted by Crippen LogP contribution is 2.27. The van der Waals surface area contributed by atoms with Crippen LogP contribution >= 0.6 is 11.6 Å². The first-order chi connectivity index (χ1) is 8.69. The highest BCUT2D eigenvalue weighted by atomic mass is 35.5. The van der Waals surface area contributed by atoms with E-state index in [4.69, 9.17) is 11.6 Å². The lowest BCUT2D eigenvalue weighted by Crippen LogP contribution is -2.09. The van der Waals surface area contributed by atoms with Crippen LogP contribution in [-0.4, -0.2) is 9.55 Å². The van der Waals surface area contributed by atoms with Gasteiger partial charge in [-0.05, 0) is 31.9 Å². The zero-order valence-corrected chi connectivity index (χ0v) is 12.2. The van der Waals surface area contributed by atoms with Crippen molar-refractivity contribution in [1.82, 2.24) is 9.55 Å². The minimum atomic E-state index is 0.463. The molecule has 0 spiro atoms. The van der Waals surface area contributed by atoms with E-state index < -0.39 is 0 Å². The van der Waals surface area contributed by atoms with Crippen molar-refractivity contribution in [2.45, 2.75) is 52.0 Å². The van der Waals surface area contributed by atoms with Crippen LogP contribution in [0.4, 0.5) is 0 Å². The molecule has 3 heteroatoms. The van der Waals surface area contributed by atoms with Crippen molar-refractivity contribution in [1.29, 1.82) is 0 Å². The Balaban J connectivity index is 2.52. The summed E-state index contributed by atoms with van der Waals surface area (Å²) in [5, 5.41) is 0. The third-order valence-corrected chi connectivity index (χ3v) is 3.76. The topological polar surface area (TPSA) is 17.8 Å². The minimum Gasteiger partial charge on any atom is -0.324 e. The van der Waals surface area contributed by atoms with E-state index in [-0.39, 0.29) is 0 Å². The van der Waals surface area contributed by atoms with Crippen molar-refractivity contribution in [3.63, 3.8) is 0 Å². The molecule has 0 bridgehead atoms. The van der Waals surface area contributed by atoms with Crippen LogP contribution in [0, 0.1) is 6.92 Å². The molecule has 2 aromatic rings. The largest absolute Gasteiger partial charge is 0.324 e. The Hall–Kier alpha value is -1.02. The summed E-state index contributed by atoms with van der Waals surface area (Å²) in [6.45, 7) is 6.64. The average molecular weight is 265 g/mol. The normalized spacial score (nSPS) is 13.1. The van der Waals surface area contributed by atoms with E-state index in [1.165, 1.54) is 30.3 Å². The summed E-state index contributed by atoms with van der Waals surface area (Å²) in [7, 11) is 0. The SMILES string of the molecule is CCCCC(C)n1c(CCl)nc2cccc(C)c21. The molecule has 0 saturated heterocycles. The maximum Gasteiger partial charge on any atom is 0.125 e. The highest BCUT2D eigenvalue weighted by molar-refractivity contribution is 6.16. The van der Waals surface area contributed by atoms with Gasteiger partial charge in [0.2, 0.25) is 0 Å². The van der Waals surface area contributed by atoms with Crippen LogP contribution in [0.2, 0.25) is 0 Å². The number of aryl methyl sites for hydroxylation is 1. The van der Waals surface area contributed by atoms with Crippen molar-refractivity contribution in [2.24, 2.45) is 0 Å². The van der Waals surface area contributed by atoms with Gasteiger partial charge in [0.05, 0.1) is 16.9 Å². The molecule has 1 aromatic heterocycles. The van der Waals surface area contributed by atoms with Crippen LogP contribution in [0.3, 0.4) is 0 Å². The molecule has 0 aliphatic heterocycles. The molecule has 1 aromatic carbocycles. The first-order valence-electron chi connectivity index (χ1n) is 6.71. The fourth-order valence-electron chi connectivity index (χ4n) is 2.57. The number of para-hydroxylation sites is 1. The second-order valence-electron chi connectivity index (χ2n) is 4.97. The quantitative estimate of drug-likeness (QED) is 0.707. The maximum atomic E-state index is 6.05. The van der Waals surface area contributed by atoms with Crippen molar-refractivity contribution >= 4 is 22.6 Å². The molecule has 0 aliphatic carbocycles. The Morgan fingerprint density at radius 1 is 1.39 bits per heavy atom. The molecule has 0 saturated carbocycles. The molecule has 2 nitrogen and oxygen atoms in total. The Morgan fingerprint density at radius 3 is 2.83 bits per heavy atom. The summed E-state index contributed by atoms with van der Waals surface area (Å²) in [5.41, 5.74) is 3.59. The predicted molar refractivity (Wildman–Crippen MR) is 78.3 cm³/mol. The molecule has 2 rings (SSSR count). The van der Waals surface area contributed by atoms with Gasteiger partial charge in [0.25, 0.3) is 0 Å². The summed E-state index contributed by atoms with van der Waals surface area (Å²) in [6.07, 6.45) is 3.65. The molecule has 98 valence electrons. The van der Waals surface area contributed by atoms with Gasteiger partial charge < -0.3 is 4.57 Å². The van der Waals surface area contributed by atoms with Crippen LogP contribution in [0.15, 0.2) is 18.2 Å². The van der Waals surface area contributed by atoms with Crippen molar-refractivity contribution < 1.29 is 0 Å². The van der Waals surface area contributed by atoms with Crippen molar-refractivity contribution in [3.05, 3.63) is 29.6 Å². The lowest BCUT2D eigenvalue weighted by Gasteiger charge is -2.17. The second kappa shape index (κ2) is 5.75. The maximum absolute atomic E-state index is 6.05. The van der Waals surface area contributed by atoms with E-state index in [1.807, 2.05) is 0 Å². The van der Waals surface area contributed by atoms with E-state index in [2.05, 4.69) is 48.5 Å². The lowest BCUT2D eigenvalue weighted by molar-refractivity contribution is 0.485. The number of benzene rings is 1. The molecule has 0 radical (unpaired) electrons. The minimum absolute atomic E-state index is 0.463. The first-order valence-corrected chi connectivity index (χ1v) is 7.24. The van der Waals surface area contributed by atoms with Crippen LogP contribution in [0.1, 0.15) is 50.5 Å². The number of hydrogen-bond donors (Lipinski definition) is 0. The van der Waals surface area contributed by atoms with Gasteiger partial charge in [-0.2, -0.15) is 0 Å². The highest BCUT2D eigenvalue weighted by Gasteiger charge is 2.16. The van der Waals surface area contributed by atoms with E-state index >= 15 is 0 Å². The van der Waals surface area contributed by atoms with Gasteiger partial charge in [0.15, 0.2) is 0 Å². The van der Waals surface area contributed by atoms with Crippen molar-refractivity contribution in [3.8, 4) is 0 Å². The number of aromatic nitrogens is 2. The number of imidazole rings is 1. The number of halogens is 1. The van der Waals surface area contributed by atoms with Crippen molar-refractivity contribution in [2.75, 3.05) is 0 Å². The van der Waals surface area contributed by atoms with Gasteiger partial charge in [0, 0.05) is 6.04 Å². The smallest absolute Gasteiger partial charge is 0.125 e. The third kappa shape index (κ3) is 2.39. The zero-order chi connectivity index (χ0) is 13.1. The standard InChI is InChI=1S/C15H21ClN2/c1-4-5-8-12(3)18-14(10-16)17-13-9-6-7-11(2)15(13)18/h6-7,9,12H,4-5,8,10H2,1-3H3. The third-order valence-electron chi connectivity index (χ3n) is 3.52. The first kappa shape index (κ1) is 13.4. The van der Waals surface area contributed by atoms with Gasteiger partial charge in [-0.1, -0.05) is 31.9 Å². The van der Waals surface area contributed by atoms with Crippen LogP contribution < -0.4 is 0 Å². The van der Waals surface area contributed by atoms with Gasteiger partial charge in [-0.3, -0.25) is 0 Å². The number of fused-ring (bicyclic) bond motifs is 1. The van der Waals surface area contributed by atoms with E-state index in [9.17, 15) is 0 Å². The molecule has 1 atom stereocenters. The van der Waals surface area contributed by atoms with E-state index in [0.29, 0.717) is 11.9 Å². The van der Waals surface area contributed by atoms with Gasteiger partial charge in [-0.25, -0.2) is 4.98 Å². The number of rotatable bonds is 5. The molecule has 1 heterocycles. The molecule has 0 amide bonds. The number of alkyl halides is 1. The van der Waals surface area contributed by atoms with E-state index in [0.717, 1.165) is 11.3 Å². The Bertz CT molecular complexity index is 531. The Morgan fingerprint density at radius 2 is 2.17 bits per heavy atom. The van der Waals surface area contributed by atoms with Gasteiger partial charge in [0.1, 0.15) is 5.82 Å². The summed E-state index contributed by atoms with van der Waals surface area (Å²) < 4.78 is 2.33. The molecule has 18 heavy (non-hydrogen) atoms. The Kier molecular flexibility index (Phi) is 4.28. The molecular formula is C15H21ClN2. The van der Waals surface area contributed by atoms with E-state index in [1.54, 1.807) is 0 Å². The monoisotopic (exact) mass is 264 g/mol. The number of hydrogen-bond acceptors (Lipinski definition) is 1.